The maximum Gasteiger partial charge on any atom is 0.401 e. The molecule has 1 saturated carbocycles. The molecular weight excluding hydrogens is 249 g/mol. The first-order valence-electron chi connectivity index (χ1n) is 5.55. The number of alkyl halides is 3. The Morgan fingerprint density at radius 3 is 2.65 bits per heavy atom. The van der Waals surface area contributed by atoms with Gasteiger partial charge in [-0.2, -0.15) is 13.2 Å². The van der Waals surface area contributed by atoms with E-state index in [1.807, 2.05) is 17.5 Å². The lowest BCUT2D eigenvalue weighted by Crippen LogP contribution is -2.40. The second-order valence-corrected chi connectivity index (χ2v) is 5.38. The van der Waals surface area contributed by atoms with E-state index in [9.17, 15) is 13.2 Å². The summed E-state index contributed by atoms with van der Waals surface area (Å²) in [5, 5.41) is 1.89. The van der Waals surface area contributed by atoms with Gasteiger partial charge in [-0.05, 0) is 24.3 Å². The minimum Gasteiger partial charge on any atom is -0.322 e. The molecule has 0 saturated heterocycles. The first-order chi connectivity index (χ1) is 7.96. The first-order valence-corrected chi connectivity index (χ1v) is 6.43. The lowest BCUT2D eigenvalue weighted by molar-refractivity contribution is -0.147. The third-order valence-electron chi connectivity index (χ3n) is 2.79. The molecule has 0 aromatic carbocycles. The Balaban J connectivity index is 1.93. The number of rotatable bonds is 5. The van der Waals surface area contributed by atoms with Gasteiger partial charge in [-0.25, -0.2) is 0 Å². The molecule has 0 amide bonds. The molecule has 1 aromatic heterocycles. The molecule has 0 bridgehead atoms. The summed E-state index contributed by atoms with van der Waals surface area (Å²) < 4.78 is 37.2. The fraction of sp³-hybridized carbons (Fsp3) is 0.636. The number of thiophene rings is 1. The minimum absolute atomic E-state index is 0.0719. The highest BCUT2D eigenvalue weighted by molar-refractivity contribution is 7.10. The van der Waals surface area contributed by atoms with Gasteiger partial charge in [-0.15, -0.1) is 11.3 Å². The van der Waals surface area contributed by atoms with Crippen LogP contribution in [0.4, 0.5) is 13.2 Å². The zero-order chi connectivity index (χ0) is 12.5. The summed E-state index contributed by atoms with van der Waals surface area (Å²) in [6.45, 7) is -0.568. The molecule has 1 aromatic rings. The third kappa shape index (κ3) is 3.97. The van der Waals surface area contributed by atoms with Crippen molar-refractivity contribution in [3.8, 4) is 0 Å². The molecule has 6 heteroatoms. The van der Waals surface area contributed by atoms with Gasteiger partial charge in [0, 0.05) is 17.5 Å². The Kier molecular flexibility index (Phi) is 3.75. The molecule has 1 aliphatic carbocycles. The van der Waals surface area contributed by atoms with Crippen molar-refractivity contribution >= 4 is 11.3 Å². The lowest BCUT2D eigenvalue weighted by atomic mass is 10.2. The summed E-state index contributed by atoms with van der Waals surface area (Å²) in [5.74, 6) is 0. The number of hydrogen-bond donors (Lipinski definition) is 1. The highest BCUT2D eigenvalue weighted by Gasteiger charge is 2.38. The number of nitrogens with zero attached hydrogens (tertiary/aromatic N) is 1. The molecule has 1 heterocycles. The highest BCUT2D eigenvalue weighted by atomic mass is 32.1. The summed E-state index contributed by atoms with van der Waals surface area (Å²) in [5.41, 5.74) is 5.93. The predicted octanol–water partition coefficient (Wildman–Crippen LogP) is 2.77. The van der Waals surface area contributed by atoms with Gasteiger partial charge < -0.3 is 5.73 Å². The molecule has 1 unspecified atom stereocenters. The minimum atomic E-state index is -4.14. The Morgan fingerprint density at radius 1 is 1.47 bits per heavy atom. The van der Waals surface area contributed by atoms with Crippen molar-refractivity contribution in [2.45, 2.75) is 31.1 Å². The van der Waals surface area contributed by atoms with Crippen LogP contribution in [0.5, 0.6) is 0 Å². The topological polar surface area (TPSA) is 29.3 Å². The second-order valence-electron chi connectivity index (χ2n) is 4.40. The molecule has 1 fully saturated rings. The maximum absolute atomic E-state index is 12.4. The smallest absolute Gasteiger partial charge is 0.322 e. The SMILES string of the molecule is NC(CN(CC(F)(F)F)C1CC1)c1cccs1. The molecule has 1 aliphatic rings. The molecule has 2 rings (SSSR count). The predicted molar refractivity (Wildman–Crippen MR) is 61.9 cm³/mol. The molecular formula is C11H15F3N2S. The van der Waals surface area contributed by atoms with E-state index < -0.39 is 12.7 Å². The van der Waals surface area contributed by atoms with Crippen molar-refractivity contribution in [2.24, 2.45) is 5.73 Å². The Bertz CT molecular complexity index is 346. The molecule has 96 valence electrons. The summed E-state index contributed by atoms with van der Waals surface area (Å²) >= 11 is 1.49. The van der Waals surface area contributed by atoms with Gasteiger partial charge in [0.25, 0.3) is 0 Å². The second kappa shape index (κ2) is 4.96. The van der Waals surface area contributed by atoms with E-state index in [1.54, 1.807) is 0 Å². The summed E-state index contributed by atoms with van der Waals surface area (Å²) in [4.78, 5) is 2.41. The van der Waals surface area contributed by atoms with Gasteiger partial charge in [0.15, 0.2) is 0 Å². The molecule has 1 atom stereocenters. The van der Waals surface area contributed by atoms with Crippen LogP contribution < -0.4 is 5.73 Å². The van der Waals surface area contributed by atoms with Crippen molar-refractivity contribution in [2.75, 3.05) is 13.1 Å². The normalized spacial score (nSPS) is 18.6. The van der Waals surface area contributed by atoms with Crippen molar-refractivity contribution in [1.82, 2.24) is 4.90 Å². The van der Waals surface area contributed by atoms with Gasteiger partial charge >= 0.3 is 6.18 Å². The van der Waals surface area contributed by atoms with Crippen LogP contribution >= 0.6 is 11.3 Å². The Labute approximate surface area is 102 Å². The van der Waals surface area contributed by atoms with Gasteiger partial charge in [-0.1, -0.05) is 6.07 Å². The zero-order valence-corrected chi connectivity index (χ0v) is 10.1. The lowest BCUT2D eigenvalue weighted by Gasteiger charge is -2.26. The van der Waals surface area contributed by atoms with Crippen molar-refractivity contribution < 1.29 is 13.2 Å². The molecule has 17 heavy (non-hydrogen) atoms. The molecule has 0 radical (unpaired) electrons. The van der Waals surface area contributed by atoms with Crippen LogP contribution in [-0.2, 0) is 0 Å². The summed E-state index contributed by atoms with van der Waals surface area (Å²) in [6, 6.07) is 3.49. The quantitative estimate of drug-likeness (QED) is 0.886. The fourth-order valence-electron chi connectivity index (χ4n) is 1.86. The van der Waals surface area contributed by atoms with Gasteiger partial charge in [0.1, 0.15) is 0 Å². The van der Waals surface area contributed by atoms with Crippen LogP contribution in [0.2, 0.25) is 0 Å². The van der Waals surface area contributed by atoms with Crippen LogP contribution in [0.3, 0.4) is 0 Å². The summed E-state index contributed by atoms with van der Waals surface area (Å²) in [7, 11) is 0. The summed E-state index contributed by atoms with van der Waals surface area (Å²) in [6.07, 6.45) is -2.43. The van der Waals surface area contributed by atoms with E-state index in [2.05, 4.69) is 0 Å². The van der Waals surface area contributed by atoms with Crippen LogP contribution in [0, 0.1) is 0 Å². The highest BCUT2D eigenvalue weighted by Crippen LogP contribution is 2.31. The van der Waals surface area contributed by atoms with E-state index in [0.717, 1.165) is 17.7 Å². The Morgan fingerprint density at radius 2 is 2.18 bits per heavy atom. The maximum atomic E-state index is 12.4. The average Bonchev–Trinajstić information content (AvgIpc) is 2.90. The first kappa shape index (κ1) is 12.9. The molecule has 0 aliphatic heterocycles. The van der Waals surface area contributed by atoms with Gasteiger partial charge in [0.05, 0.1) is 12.6 Å². The van der Waals surface area contributed by atoms with Crippen LogP contribution in [-0.4, -0.2) is 30.2 Å². The van der Waals surface area contributed by atoms with Crippen LogP contribution in [0.1, 0.15) is 23.8 Å². The van der Waals surface area contributed by atoms with Crippen molar-refractivity contribution in [3.63, 3.8) is 0 Å². The average molecular weight is 264 g/mol. The number of nitrogens with two attached hydrogens (primary N) is 1. The third-order valence-corrected chi connectivity index (χ3v) is 3.79. The number of hydrogen-bond acceptors (Lipinski definition) is 3. The molecule has 2 nitrogen and oxygen atoms in total. The monoisotopic (exact) mass is 264 g/mol. The van der Waals surface area contributed by atoms with Crippen molar-refractivity contribution in [1.29, 1.82) is 0 Å². The van der Waals surface area contributed by atoms with E-state index in [0.29, 0.717) is 0 Å². The van der Waals surface area contributed by atoms with E-state index in [4.69, 9.17) is 5.73 Å². The molecule has 0 spiro atoms. The van der Waals surface area contributed by atoms with E-state index in [-0.39, 0.29) is 18.6 Å². The largest absolute Gasteiger partial charge is 0.401 e. The number of halogens is 3. The standard InChI is InChI=1S/C11H15F3N2S/c12-11(13,14)7-16(8-3-4-8)6-9(15)10-2-1-5-17-10/h1-2,5,8-9H,3-4,6-7,15H2. The Hall–Kier alpha value is -0.590. The van der Waals surface area contributed by atoms with E-state index >= 15 is 0 Å². The fourth-order valence-corrected chi connectivity index (χ4v) is 2.58. The zero-order valence-electron chi connectivity index (χ0n) is 9.28. The van der Waals surface area contributed by atoms with E-state index in [1.165, 1.54) is 16.2 Å². The van der Waals surface area contributed by atoms with Gasteiger partial charge in [-0.3, -0.25) is 4.90 Å². The van der Waals surface area contributed by atoms with Gasteiger partial charge in [0.2, 0.25) is 0 Å². The van der Waals surface area contributed by atoms with Crippen LogP contribution in [0.15, 0.2) is 17.5 Å². The van der Waals surface area contributed by atoms with Crippen molar-refractivity contribution in [3.05, 3.63) is 22.4 Å². The molecule has 2 N–H and O–H groups in total. The van der Waals surface area contributed by atoms with Crippen LogP contribution in [0.25, 0.3) is 0 Å².